The molecule has 5 heteroatoms. The Morgan fingerprint density at radius 2 is 1.53 bits per heavy atom. The van der Waals surface area contributed by atoms with E-state index in [1.54, 1.807) is 0 Å². The van der Waals surface area contributed by atoms with Crippen molar-refractivity contribution >= 4 is 38.1 Å². The predicted molar refractivity (Wildman–Crippen MR) is 171 cm³/mol. The van der Waals surface area contributed by atoms with Crippen molar-refractivity contribution in [3.05, 3.63) is 133 Å². The monoisotopic (exact) mass is 737 g/mol. The Labute approximate surface area is 265 Å². The minimum atomic E-state index is 0. The second-order valence-corrected chi connectivity index (χ2v) is 11.4. The standard InChI is InChI=1S/C24H18N3.C14H14N.Ir/c1-16(2)25-12-13-26(15-25)17-10-11-23-21(14-17)20-8-5-7-19-18-6-3-4-9-22(18)27(23)24(19)20;1-10-4-6-13(7-5-10)14-8-11(2)12(3)9-15-14;/h3-9,11-14,16H,1-2H3;4-6,8-9H,1-3H3;/q2*-1;+3. The first-order valence-electron chi connectivity index (χ1n) is 14.4. The summed E-state index contributed by atoms with van der Waals surface area (Å²) in [5.41, 5.74) is 10.6. The summed E-state index contributed by atoms with van der Waals surface area (Å²) in [6.45, 7) is 10.6. The molecule has 0 amide bonds. The zero-order valence-electron chi connectivity index (χ0n) is 24.9. The normalized spacial score (nSPS) is 11.4. The molecule has 0 fully saturated rings. The van der Waals surface area contributed by atoms with Gasteiger partial charge in [0.1, 0.15) is 0 Å². The first kappa shape index (κ1) is 28.8. The van der Waals surface area contributed by atoms with Crippen LogP contribution >= 0.6 is 0 Å². The molecule has 4 aromatic heterocycles. The number of pyridine rings is 1. The van der Waals surface area contributed by atoms with Crippen molar-refractivity contribution in [3.8, 4) is 16.9 Å². The fraction of sp³-hybridized carbons (Fsp3) is 0.158. The van der Waals surface area contributed by atoms with E-state index in [9.17, 15) is 0 Å². The molecule has 0 N–H and O–H groups in total. The van der Waals surface area contributed by atoms with Gasteiger partial charge in [0.2, 0.25) is 6.33 Å². The molecule has 0 atom stereocenters. The topological polar surface area (TPSA) is 26.1 Å². The fourth-order valence-corrected chi connectivity index (χ4v) is 5.68. The number of nitrogens with zero attached hydrogens (tertiary/aromatic N) is 4. The zero-order chi connectivity index (χ0) is 29.0. The average molecular weight is 737 g/mol. The summed E-state index contributed by atoms with van der Waals surface area (Å²) in [6.07, 6.45) is 9.40. The van der Waals surface area contributed by atoms with Crippen molar-refractivity contribution in [2.24, 2.45) is 0 Å². The van der Waals surface area contributed by atoms with Gasteiger partial charge in [0.05, 0.1) is 6.04 Å². The van der Waals surface area contributed by atoms with Gasteiger partial charge in [0.15, 0.2) is 0 Å². The molecule has 4 heterocycles. The number of fused-ring (bicyclic) bond motifs is 6. The van der Waals surface area contributed by atoms with Crippen molar-refractivity contribution in [2.75, 3.05) is 0 Å². The zero-order valence-corrected chi connectivity index (χ0v) is 27.3. The molecule has 212 valence electrons. The molecule has 0 unspecified atom stereocenters. The SMILES string of the molecule is CC(C)[n+]1[c-]n(-c2[c-]cc3c(c2)c2cccc4c5ccccc5n3c24)cc1.Cc1c[c-]c(-c2cc(C)c(C)cn2)cc1.[Ir+3]. The van der Waals surface area contributed by atoms with E-state index in [-0.39, 0.29) is 20.1 Å². The number of benzene rings is 4. The van der Waals surface area contributed by atoms with Crippen LogP contribution in [0.5, 0.6) is 0 Å². The molecule has 0 aliphatic carbocycles. The first-order valence-corrected chi connectivity index (χ1v) is 14.4. The van der Waals surface area contributed by atoms with E-state index in [0.717, 1.165) is 16.9 Å². The Kier molecular flexibility index (Phi) is 7.64. The van der Waals surface area contributed by atoms with Crippen molar-refractivity contribution in [1.82, 2.24) is 14.0 Å². The third-order valence-electron chi connectivity index (χ3n) is 8.17. The maximum atomic E-state index is 4.41. The van der Waals surface area contributed by atoms with Gasteiger partial charge in [-0.15, -0.1) is 40.8 Å². The number of aromatic nitrogens is 4. The quantitative estimate of drug-likeness (QED) is 0.132. The average Bonchev–Trinajstić information content (AvgIpc) is 3.71. The van der Waals surface area contributed by atoms with Crippen LogP contribution in [0.3, 0.4) is 0 Å². The van der Waals surface area contributed by atoms with E-state index in [2.05, 4.69) is 146 Å². The number of aryl methyl sites for hydroxylation is 3. The van der Waals surface area contributed by atoms with E-state index >= 15 is 0 Å². The van der Waals surface area contributed by atoms with Crippen LogP contribution in [0, 0.1) is 39.2 Å². The van der Waals surface area contributed by atoms with Crippen LogP contribution in [0.15, 0.2) is 97.5 Å². The van der Waals surface area contributed by atoms with Gasteiger partial charge in [-0.2, -0.15) is 18.2 Å². The van der Waals surface area contributed by atoms with E-state index in [1.165, 1.54) is 54.8 Å². The van der Waals surface area contributed by atoms with Gasteiger partial charge in [-0.3, -0.25) is 0 Å². The number of rotatable bonds is 3. The Bertz CT molecular complexity index is 2200. The second-order valence-electron chi connectivity index (χ2n) is 11.4. The molecular weight excluding hydrogens is 705 g/mol. The number of hydrogen-bond acceptors (Lipinski definition) is 1. The molecule has 0 radical (unpaired) electrons. The molecule has 0 saturated carbocycles. The van der Waals surface area contributed by atoms with Gasteiger partial charge in [0, 0.05) is 40.4 Å². The molecule has 0 aliphatic heterocycles. The van der Waals surface area contributed by atoms with E-state index < -0.39 is 0 Å². The van der Waals surface area contributed by atoms with Crippen LogP contribution in [0.4, 0.5) is 0 Å². The molecule has 43 heavy (non-hydrogen) atoms. The Morgan fingerprint density at radius 3 is 2.26 bits per heavy atom. The van der Waals surface area contributed by atoms with Gasteiger partial charge in [-0.25, -0.2) is 0 Å². The van der Waals surface area contributed by atoms with Gasteiger partial charge >= 0.3 is 20.1 Å². The third kappa shape index (κ3) is 5.03. The van der Waals surface area contributed by atoms with Crippen molar-refractivity contribution in [2.45, 2.75) is 40.7 Å². The van der Waals surface area contributed by atoms with E-state index in [1.807, 2.05) is 23.0 Å². The molecule has 0 saturated heterocycles. The van der Waals surface area contributed by atoms with Crippen molar-refractivity contribution in [3.63, 3.8) is 0 Å². The van der Waals surface area contributed by atoms with Crippen LogP contribution in [-0.4, -0.2) is 14.0 Å². The van der Waals surface area contributed by atoms with Crippen LogP contribution in [0.2, 0.25) is 0 Å². The van der Waals surface area contributed by atoms with Crippen LogP contribution in [-0.2, 0) is 20.1 Å². The summed E-state index contributed by atoms with van der Waals surface area (Å²) in [6, 6.07) is 34.9. The summed E-state index contributed by atoms with van der Waals surface area (Å²) in [5.74, 6) is 0. The molecule has 0 aliphatic rings. The Hall–Kier alpha value is -4.31. The first-order chi connectivity index (χ1) is 20.4. The summed E-state index contributed by atoms with van der Waals surface area (Å²) >= 11 is 0. The molecule has 4 aromatic carbocycles. The molecule has 0 bridgehead atoms. The number of imidazole rings is 1. The van der Waals surface area contributed by atoms with E-state index in [4.69, 9.17) is 0 Å². The molecular formula is C38H32IrN4+. The third-order valence-corrected chi connectivity index (χ3v) is 8.17. The van der Waals surface area contributed by atoms with Crippen LogP contribution in [0.1, 0.15) is 36.6 Å². The van der Waals surface area contributed by atoms with Gasteiger partial charge in [0.25, 0.3) is 0 Å². The summed E-state index contributed by atoms with van der Waals surface area (Å²) in [5, 5.41) is 5.16. The molecule has 8 aromatic rings. The molecule has 4 nitrogen and oxygen atoms in total. The maximum absolute atomic E-state index is 4.41. The summed E-state index contributed by atoms with van der Waals surface area (Å²) in [4.78, 5) is 4.41. The largest absolute Gasteiger partial charge is 3.00 e. The number of para-hydroxylation sites is 2. The second kappa shape index (κ2) is 11.4. The van der Waals surface area contributed by atoms with Crippen molar-refractivity contribution in [1.29, 1.82) is 0 Å². The Balaban J connectivity index is 0.000000176. The van der Waals surface area contributed by atoms with E-state index in [0.29, 0.717) is 6.04 Å². The minimum absolute atomic E-state index is 0. The van der Waals surface area contributed by atoms with Gasteiger partial charge in [-0.05, 0) is 50.4 Å². The van der Waals surface area contributed by atoms with Crippen molar-refractivity contribution < 1.29 is 24.7 Å². The summed E-state index contributed by atoms with van der Waals surface area (Å²) < 4.78 is 6.48. The van der Waals surface area contributed by atoms with Crippen LogP contribution in [0.25, 0.3) is 55.0 Å². The smallest absolute Gasteiger partial charge is 0.363 e. The summed E-state index contributed by atoms with van der Waals surface area (Å²) in [7, 11) is 0. The number of hydrogen-bond donors (Lipinski definition) is 0. The predicted octanol–water partition coefficient (Wildman–Crippen LogP) is 8.57. The van der Waals surface area contributed by atoms with Gasteiger partial charge < -0.3 is 18.5 Å². The molecule has 0 spiro atoms. The molecule has 8 rings (SSSR count). The Morgan fingerprint density at radius 1 is 0.767 bits per heavy atom. The fourth-order valence-electron chi connectivity index (χ4n) is 5.68. The van der Waals surface area contributed by atoms with Gasteiger partial charge in [-0.1, -0.05) is 66.2 Å². The van der Waals surface area contributed by atoms with Crippen LogP contribution < -0.4 is 4.57 Å². The maximum Gasteiger partial charge on any atom is 3.00 e. The minimum Gasteiger partial charge on any atom is -0.363 e.